The Hall–Kier alpha value is -1.95. The third-order valence-corrected chi connectivity index (χ3v) is 3.79. The van der Waals surface area contributed by atoms with Crippen molar-refractivity contribution in [3.05, 3.63) is 39.5 Å². The van der Waals surface area contributed by atoms with Gasteiger partial charge in [0.1, 0.15) is 17.3 Å². The molecule has 25 heavy (non-hydrogen) atoms. The first-order chi connectivity index (χ1) is 11.7. The molecule has 0 unspecified atom stereocenters. The standard InChI is InChI=1S/C14H8Cl3F3N4O/c15-2-1-11(25)23-13-7(5-21)6-22-24(13)12-9(16)3-8(4-10(12)17)14(18,19)20/h3-4,6H,1-2H2,(H,23,25). The summed E-state index contributed by atoms with van der Waals surface area (Å²) in [6.45, 7) is 0. The summed E-state index contributed by atoms with van der Waals surface area (Å²) in [5.41, 5.74) is -1.15. The van der Waals surface area contributed by atoms with Gasteiger partial charge in [0, 0.05) is 12.3 Å². The van der Waals surface area contributed by atoms with Gasteiger partial charge in [-0.15, -0.1) is 11.6 Å². The van der Waals surface area contributed by atoms with E-state index in [4.69, 9.17) is 40.1 Å². The predicted octanol–water partition coefficient (Wildman–Crippen LogP) is 4.64. The number of nitrogens with zero attached hydrogens (tertiary/aromatic N) is 3. The van der Waals surface area contributed by atoms with Crippen LogP contribution in [0.1, 0.15) is 17.5 Å². The smallest absolute Gasteiger partial charge is 0.309 e. The zero-order chi connectivity index (χ0) is 18.8. The molecular weight excluding hydrogens is 404 g/mol. The van der Waals surface area contributed by atoms with Gasteiger partial charge in [-0.25, -0.2) is 4.68 Å². The van der Waals surface area contributed by atoms with E-state index < -0.39 is 17.6 Å². The Labute approximate surface area is 154 Å². The number of aromatic nitrogens is 2. The van der Waals surface area contributed by atoms with Gasteiger partial charge < -0.3 is 5.32 Å². The monoisotopic (exact) mass is 410 g/mol. The van der Waals surface area contributed by atoms with Crippen molar-refractivity contribution >= 4 is 46.5 Å². The number of nitrogens with one attached hydrogen (secondary N) is 1. The summed E-state index contributed by atoms with van der Waals surface area (Å²) in [6.07, 6.45) is -3.54. The van der Waals surface area contributed by atoms with E-state index in [0.29, 0.717) is 12.1 Å². The SMILES string of the molecule is N#Cc1cnn(-c2c(Cl)cc(C(F)(F)F)cc2Cl)c1NC(=O)CCCl. The van der Waals surface area contributed by atoms with Crippen molar-refractivity contribution in [2.24, 2.45) is 0 Å². The van der Waals surface area contributed by atoms with Crippen LogP contribution in [0.3, 0.4) is 0 Å². The summed E-state index contributed by atoms with van der Waals surface area (Å²) in [4.78, 5) is 11.8. The second-order valence-corrected chi connectivity index (χ2v) is 5.90. The van der Waals surface area contributed by atoms with Crippen LogP contribution >= 0.6 is 34.8 Å². The summed E-state index contributed by atoms with van der Waals surface area (Å²) in [7, 11) is 0. The van der Waals surface area contributed by atoms with Gasteiger partial charge in [0.2, 0.25) is 5.91 Å². The minimum Gasteiger partial charge on any atom is -0.309 e. The Kier molecular flexibility index (Phi) is 5.83. The van der Waals surface area contributed by atoms with Gasteiger partial charge in [-0.05, 0) is 12.1 Å². The summed E-state index contributed by atoms with van der Waals surface area (Å²) < 4.78 is 39.5. The number of nitriles is 1. The third kappa shape index (κ3) is 4.18. The molecule has 0 bridgehead atoms. The Bertz CT molecular complexity index is 835. The molecule has 0 aliphatic carbocycles. The lowest BCUT2D eigenvalue weighted by Gasteiger charge is -2.14. The molecular formula is C14H8Cl3F3N4O. The van der Waals surface area contributed by atoms with Gasteiger partial charge in [0.15, 0.2) is 5.82 Å². The van der Waals surface area contributed by atoms with Crippen molar-refractivity contribution in [3.63, 3.8) is 0 Å². The number of alkyl halides is 4. The summed E-state index contributed by atoms with van der Waals surface area (Å²) >= 11 is 17.4. The number of halogens is 6. The van der Waals surface area contributed by atoms with Crippen molar-refractivity contribution in [2.75, 3.05) is 11.2 Å². The molecule has 0 saturated heterocycles. The van der Waals surface area contributed by atoms with E-state index in [2.05, 4.69) is 10.4 Å². The first kappa shape index (κ1) is 19.4. The molecule has 0 atom stereocenters. The summed E-state index contributed by atoms with van der Waals surface area (Å²) in [5, 5.41) is 14.7. The molecule has 0 aliphatic heterocycles. The van der Waals surface area contributed by atoms with Crippen LogP contribution < -0.4 is 5.32 Å². The molecule has 0 radical (unpaired) electrons. The summed E-state index contributed by atoms with van der Waals surface area (Å²) in [5.74, 6) is -0.530. The van der Waals surface area contributed by atoms with Crippen LogP contribution in [0.4, 0.5) is 19.0 Å². The average molecular weight is 412 g/mol. The van der Waals surface area contributed by atoms with Crippen LogP contribution in [0.2, 0.25) is 10.0 Å². The molecule has 0 spiro atoms. The number of amides is 1. The molecule has 1 N–H and O–H groups in total. The van der Waals surface area contributed by atoms with E-state index in [1.54, 1.807) is 0 Å². The van der Waals surface area contributed by atoms with Gasteiger partial charge in [0.25, 0.3) is 0 Å². The lowest BCUT2D eigenvalue weighted by atomic mass is 10.2. The summed E-state index contributed by atoms with van der Waals surface area (Å²) in [6, 6.07) is 3.17. The lowest BCUT2D eigenvalue weighted by molar-refractivity contribution is -0.137. The van der Waals surface area contributed by atoms with Crippen LogP contribution in [0, 0.1) is 11.3 Å². The van der Waals surface area contributed by atoms with Crippen LogP contribution in [0.15, 0.2) is 18.3 Å². The van der Waals surface area contributed by atoms with Crippen molar-refractivity contribution in [2.45, 2.75) is 12.6 Å². The molecule has 132 valence electrons. The normalized spacial score (nSPS) is 11.2. The maximum Gasteiger partial charge on any atom is 0.416 e. The van der Waals surface area contributed by atoms with Crippen molar-refractivity contribution < 1.29 is 18.0 Å². The predicted molar refractivity (Wildman–Crippen MR) is 87.3 cm³/mol. The minimum absolute atomic E-state index is 0.0186. The van der Waals surface area contributed by atoms with E-state index in [9.17, 15) is 18.0 Å². The number of benzene rings is 1. The average Bonchev–Trinajstić information content (AvgIpc) is 2.88. The zero-order valence-electron chi connectivity index (χ0n) is 12.2. The Morgan fingerprint density at radius 3 is 2.40 bits per heavy atom. The van der Waals surface area contributed by atoms with Crippen LogP contribution in [-0.2, 0) is 11.0 Å². The molecule has 0 aliphatic rings. The quantitative estimate of drug-likeness (QED) is 0.745. The highest BCUT2D eigenvalue weighted by molar-refractivity contribution is 6.38. The number of rotatable bonds is 4. The van der Waals surface area contributed by atoms with Crippen molar-refractivity contribution in [1.29, 1.82) is 5.26 Å². The largest absolute Gasteiger partial charge is 0.416 e. The first-order valence-corrected chi connectivity index (χ1v) is 7.88. The number of carbonyl (C=O) groups excluding carboxylic acids is 1. The second kappa shape index (κ2) is 7.52. The molecule has 1 aromatic carbocycles. The molecule has 1 aromatic heterocycles. The molecule has 1 amide bonds. The fourth-order valence-electron chi connectivity index (χ4n) is 1.93. The fraction of sp³-hybridized carbons (Fsp3) is 0.214. The maximum absolute atomic E-state index is 12.8. The number of anilines is 1. The highest BCUT2D eigenvalue weighted by Crippen LogP contribution is 2.38. The van der Waals surface area contributed by atoms with Crippen LogP contribution in [-0.4, -0.2) is 21.6 Å². The molecule has 11 heteroatoms. The molecule has 2 aromatic rings. The van der Waals surface area contributed by atoms with E-state index in [1.807, 2.05) is 6.07 Å². The maximum atomic E-state index is 12.8. The lowest BCUT2D eigenvalue weighted by Crippen LogP contribution is -2.16. The Balaban J connectivity index is 2.58. The topological polar surface area (TPSA) is 70.7 Å². The van der Waals surface area contributed by atoms with Gasteiger partial charge in [-0.3, -0.25) is 4.79 Å². The van der Waals surface area contributed by atoms with E-state index in [-0.39, 0.29) is 39.4 Å². The van der Waals surface area contributed by atoms with E-state index >= 15 is 0 Å². The van der Waals surface area contributed by atoms with E-state index in [0.717, 1.165) is 10.9 Å². The highest BCUT2D eigenvalue weighted by Gasteiger charge is 2.32. The van der Waals surface area contributed by atoms with Gasteiger partial charge in [-0.1, -0.05) is 23.2 Å². The van der Waals surface area contributed by atoms with Gasteiger partial charge >= 0.3 is 6.18 Å². The molecule has 2 rings (SSSR count). The number of hydrogen-bond acceptors (Lipinski definition) is 3. The Morgan fingerprint density at radius 1 is 1.32 bits per heavy atom. The zero-order valence-corrected chi connectivity index (χ0v) is 14.4. The fourth-order valence-corrected chi connectivity index (χ4v) is 2.75. The molecule has 0 fully saturated rings. The van der Waals surface area contributed by atoms with E-state index in [1.165, 1.54) is 0 Å². The van der Waals surface area contributed by atoms with Crippen molar-refractivity contribution in [3.8, 4) is 11.8 Å². The number of hydrogen-bond donors (Lipinski definition) is 1. The van der Waals surface area contributed by atoms with Gasteiger partial charge in [-0.2, -0.15) is 23.5 Å². The molecule has 5 nitrogen and oxygen atoms in total. The molecule has 1 heterocycles. The van der Waals surface area contributed by atoms with Gasteiger partial charge in [0.05, 0.1) is 21.8 Å². The molecule has 0 saturated carbocycles. The van der Waals surface area contributed by atoms with Crippen LogP contribution in [0.25, 0.3) is 5.69 Å². The number of carbonyl (C=O) groups is 1. The second-order valence-electron chi connectivity index (χ2n) is 4.70. The Morgan fingerprint density at radius 2 is 1.92 bits per heavy atom. The highest BCUT2D eigenvalue weighted by atomic mass is 35.5. The van der Waals surface area contributed by atoms with Crippen LogP contribution in [0.5, 0.6) is 0 Å². The first-order valence-electron chi connectivity index (χ1n) is 6.59. The third-order valence-electron chi connectivity index (χ3n) is 3.03. The van der Waals surface area contributed by atoms with Crippen molar-refractivity contribution in [1.82, 2.24) is 9.78 Å². The minimum atomic E-state index is -4.63.